The van der Waals surface area contributed by atoms with Crippen molar-refractivity contribution in [1.29, 1.82) is 0 Å². The van der Waals surface area contributed by atoms with E-state index in [1.165, 1.54) is 18.0 Å². The molecule has 5 nitrogen and oxygen atoms in total. The molecule has 1 heterocycles. The first-order valence-electron chi connectivity index (χ1n) is 8.93. The Morgan fingerprint density at radius 3 is 2.15 bits per heavy atom. The second-order valence-corrected chi connectivity index (χ2v) is 7.42. The predicted molar refractivity (Wildman–Crippen MR) is 109 cm³/mol. The molecule has 0 unspecified atom stereocenters. The van der Waals surface area contributed by atoms with Crippen LogP contribution in [0.5, 0.6) is 0 Å². The molecule has 0 aliphatic rings. The van der Waals surface area contributed by atoms with Crippen molar-refractivity contribution in [2.45, 2.75) is 32.7 Å². The fourth-order valence-corrected chi connectivity index (χ4v) is 2.57. The number of nitrogens with one attached hydrogen (secondary N) is 2. The minimum absolute atomic E-state index is 0.0823. The van der Waals surface area contributed by atoms with Gasteiger partial charge in [0.1, 0.15) is 0 Å². The van der Waals surface area contributed by atoms with Gasteiger partial charge in [0.2, 0.25) is 5.95 Å². The van der Waals surface area contributed by atoms with Gasteiger partial charge in [-0.2, -0.15) is 0 Å². The molecule has 138 valence electrons. The van der Waals surface area contributed by atoms with E-state index in [9.17, 15) is 4.79 Å². The van der Waals surface area contributed by atoms with Crippen LogP contribution in [0.3, 0.4) is 0 Å². The molecular formula is C22H24N4O. The molecule has 2 N–H and O–H groups in total. The van der Waals surface area contributed by atoms with E-state index in [2.05, 4.69) is 41.4 Å². The van der Waals surface area contributed by atoms with Gasteiger partial charge in [0, 0.05) is 24.6 Å². The van der Waals surface area contributed by atoms with Gasteiger partial charge in [-0.05, 0) is 28.7 Å². The van der Waals surface area contributed by atoms with Gasteiger partial charge in [0.05, 0.1) is 5.56 Å². The standard InChI is InChI=1S/C22H24N4O/c1-22(2,3)18-9-11-19(12-10-18)26-20(27)17-14-24-21(25-15-17)23-13-16-7-5-4-6-8-16/h4-12,14-15H,13H2,1-3H3,(H,26,27)(H,23,24,25). The summed E-state index contributed by atoms with van der Waals surface area (Å²) in [6, 6.07) is 17.9. The van der Waals surface area contributed by atoms with Gasteiger partial charge < -0.3 is 10.6 Å². The Kier molecular flexibility index (Phi) is 5.50. The van der Waals surface area contributed by atoms with Crippen molar-refractivity contribution in [2.24, 2.45) is 0 Å². The summed E-state index contributed by atoms with van der Waals surface area (Å²) in [5.41, 5.74) is 3.61. The number of hydrogen-bond acceptors (Lipinski definition) is 4. The van der Waals surface area contributed by atoms with E-state index in [1.807, 2.05) is 54.6 Å². The van der Waals surface area contributed by atoms with Crippen LogP contribution >= 0.6 is 0 Å². The molecule has 0 fully saturated rings. The van der Waals surface area contributed by atoms with Crippen LogP contribution in [-0.4, -0.2) is 15.9 Å². The number of hydrogen-bond donors (Lipinski definition) is 2. The summed E-state index contributed by atoms with van der Waals surface area (Å²) in [6.07, 6.45) is 3.05. The van der Waals surface area contributed by atoms with Crippen molar-refractivity contribution in [2.75, 3.05) is 10.6 Å². The van der Waals surface area contributed by atoms with E-state index < -0.39 is 0 Å². The van der Waals surface area contributed by atoms with Crippen LogP contribution in [0.1, 0.15) is 42.3 Å². The molecule has 1 aromatic heterocycles. The smallest absolute Gasteiger partial charge is 0.258 e. The lowest BCUT2D eigenvalue weighted by Crippen LogP contribution is -2.14. The number of amides is 1. The molecule has 3 rings (SSSR count). The monoisotopic (exact) mass is 360 g/mol. The van der Waals surface area contributed by atoms with Crippen molar-refractivity contribution in [3.63, 3.8) is 0 Å². The van der Waals surface area contributed by atoms with Crippen LogP contribution in [0, 0.1) is 0 Å². The topological polar surface area (TPSA) is 66.9 Å². The molecule has 3 aromatic rings. The summed E-state index contributed by atoms with van der Waals surface area (Å²) >= 11 is 0. The van der Waals surface area contributed by atoms with Gasteiger partial charge in [-0.1, -0.05) is 63.2 Å². The number of aromatic nitrogens is 2. The van der Waals surface area contributed by atoms with E-state index in [1.54, 1.807) is 0 Å². The second-order valence-electron chi connectivity index (χ2n) is 7.42. The van der Waals surface area contributed by atoms with E-state index in [0.717, 1.165) is 11.3 Å². The molecule has 0 aliphatic carbocycles. The Bertz CT molecular complexity index is 882. The maximum atomic E-state index is 12.4. The van der Waals surface area contributed by atoms with Crippen LogP contribution in [-0.2, 0) is 12.0 Å². The van der Waals surface area contributed by atoms with Crippen molar-refractivity contribution in [3.8, 4) is 0 Å². The summed E-state index contributed by atoms with van der Waals surface area (Å²) in [6.45, 7) is 7.11. The highest BCUT2D eigenvalue weighted by Gasteiger charge is 2.13. The highest BCUT2D eigenvalue weighted by atomic mass is 16.1. The third-order valence-corrected chi connectivity index (χ3v) is 4.22. The van der Waals surface area contributed by atoms with E-state index in [4.69, 9.17) is 0 Å². The summed E-state index contributed by atoms with van der Waals surface area (Å²) in [4.78, 5) is 20.8. The number of nitrogens with zero attached hydrogens (tertiary/aromatic N) is 2. The van der Waals surface area contributed by atoms with Crippen molar-refractivity contribution >= 4 is 17.5 Å². The average molecular weight is 360 g/mol. The zero-order valence-electron chi connectivity index (χ0n) is 15.9. The Morgan fingerprint density at radius 2 is 1.56 bits per heavy atom. The highest BCUT2D eigenvalue weighted by molar-refractivity contribution is 6.03. The third kappa shape index (κ3) is 5.14. The summed E-state index contributed by atoms with van der Waals surface area (Å²) in [5, 5.41) is 6.02. The van der Waals surface area contributed by atoms with Crippen molar-refractivity contribution in [1.82, 2.24) is 9.97 Å². The lowest BCUT2D eigenvalue weighted by molar-refractivity contribution is 0.102. The summed E-state index contributed by atoms with van der Waals surface area (Å²) in [7, 11) is 0. The number of carbonyl (C=O) groups is 1. The van der Waals surface area contributed by atoms with Crippen LogP contribution in [0.4, 0.5) is 11.6 Å². The fraction of sp³-hybridized carbons (Fsp3) is 0.227. The zero-order valence-corrected chi connectivity index (χ0v) is 15.9. The van der Waals surface area contributed by atoms with Crippen molar-refractivity contribution in [3.05, 3.63) is 83.7 Å². The molecule has 0 spiro atoms. The van der Waals surface area contributed by atoms with Gasteiger partial charge in [-0.3, -0.25) is 4.79 Å². The first kappa shape index (κ1) is 18.6. The van der Waals surface area contributed by atoms with Crippen LogP contribution in [0.15, 0.2) is 67.0 Å². The maximum Gasteiger partial charge on any atom is 0.258 e. The Balaban J connectivity index is 1.58. The fourth-order valence-electron chi connectivity index (χ4n) is 2.57. The van der Waals surface area contributed by atoms with Gasteiger partial charge in [0.25, 0.3) is 5.91 Å². The first-order valence-corrected chi connectivity index (χ1v) is 8.93. The Labute approximate surface area is 159 Å². The molecule has 2 aromatic carbocycles. The third-order valence-electron chi connectivity index (χ3n) is 4.22. The lowest BCUT2D eigenvalue weighted by Gasteiger charge is -2.19. The molecule has 0 radical (unpaired) electrons. The zero-order chi connectivity index (χ0) is 19.3. The highest BCUT2D eigenvalue weighted by Crippen LogP contribution is 2.23. The Morgan fingerprint density at radius 1 is 0.926 bits per heavy atom. The quantitative estimate of drug-likeness (QED) is 0.696. The predicted octanol–water partition coefficient (Wildman–Crippen LogP) is 4.64. The van der Waals surface area contributed by atoms with Gasteiger partial charge >= 0.3 is 0 Å². The molecule has 0 bridgehead atoms. The first-order chi connectivity index (χ1) is 12.9. The van der Waals surface area contributed by atoms with E-state index in [-0.39, 0.29) is 11.3 Å². The number of benzene rings is 2. The molecule has 1 amide bonds. The van der Waals surface area contributed by atoms with Gasteiger partial charge in [-0.15, -0.1) is 0 Å². The summed E-state index contributed by atoms with van der Waals surface area (Å²) < 4.78 is 0. The van der Waals surface area contributed by atoms with E-state index >= 15 is 0 Å². The number of rotatable bonds is 5. The number of carbonyl (C=O) groups excluding carboxylic acids is 1. The normalized spacial score (nSPS) is 11.1. The summed E-state index contributed by atoms with van der Waals surface area (Å²) in [5.74, 6) is 0.262. The molecule has 0 atom stereocenters. The molecule has 0 saturated carbocycles. The molecule has 27 heavy (non-hydrogen) atoms. The molecule has 5 heteroatoms. The Hall–Kier alpha value is -3.21. The van der Waals surface area contributed by atoms with Crippen molar-refractivity contribution < 1.29 is 4.79 Å². The average Bonchev–Trinajstić information content (AvgIpc) is 2.67. The van der Waals surface area contributed by atoms with Crippen LogP contribution < -0.4 is 10.6 Å². The second kappa shape index (κ2) is 7.99. The minimum atomic E-state index is -0.229. The number of anilines is 2. The SMILES string of the molecule is CC(C)(C)c1ccc(NC(=O)c2cnc(NCc3ccccc3)nc2)cc1. The largest absolute Gasteiger partial charge is 0.350 e. The molecule has 0 saturated heterocycles. The minimum Gasteiger partial charge on any atom is -0.350 e. The van der Waals surface area contributed by atoms with Gasteiger partial charge in [-0.25, -0.2) is 9.97 Å². The van der Waals surface area contributed by atoms with Crippen LogP contribution in [0.25, 0.3) is 0 Å². The maximum absolute atomic E-state index is 12.4. The van der Waals surface area contributed by atoms with E-state index in [0.29, 0.717) is 18.1 Å². The molecular weight excluding hydrogens is 336 g/mol. The van der Waals surface area contributed by atoms with Gasteiger partial charge in [0.15, 0.2) is 0 Å². The lowest BCUT2D eigenvalue weighted by atomic mass is 9.87. The molecule has 0 aliphatic heterocycles. The van der Waals surface area contributed by atoms with Crippen LogP contribution in [0.2, 0.25) is 0 Å².